The number of amides is 1. The van der Waals surface area contributed by atoms with E-state index in [0.717, 1.165) is 19.0 Å². The molecule has 0 aromatic carbocycles. The van der Waals surface area contributed by atoms with E-state index in [1.807, 2.05) is 0 Å². The van der Waals surface area contributed by atoms with Gasteiger partial charge in [0, 0.05) is 26.4 Å². The molecular weight excluding hydrogens is 455 g/mol. The van der Waals surface area contributed by atoms with Gasteiger partial charge < -0.3 is 20.7 Å². The van der Waals surface area contributed by atoms with Gasteiger partial charge in [0.2, 0.25) is 0 Å². The zero-order valence-corrected chi connectivity index (χ0v) is 19.0. The first-order chi connectivity index (χ1) is 17.0. The van der Waals surface area contributed by atoms with Crippen LogP contribution in [0.1, 0.15) is 23.2 Å². The van der Waals surface area contributed by atoms with Crippen molar-refractivity contribution in [3.05, 3.63) is 70.7 Å². The second-order valence-corrected chi connectivity index (χ2v) is 8.06. The van der Waals surface area contributed by atoms with E-state index in [4.69, 9.17) is 4.74 Å². The smallest absolute Gasteiger partial charge is 0.279 e. The van der Waals surface area contributed by atoms with Crippen molar-refractivity contribution in [2.24, 2.45) is 0 Å². The lowest BCUT2D eigenvalue weighted by molar-refractivity contribution is 0.00732. The average Bonchev–Trinajstić information content (AvgIpc) is 3.27. The molecule has 180 valence electrons. The predicted molar refractivity (Wildman–Crippen MR) is 127 cm³/mol. The number of halogens is 1. The monoisotopic (exact) mass is 478 g/mol. The first-order valence-corrected chi connectivity index (χ1v) is 11.0. The Bertz CT molecular complexity index is 1450. The fourth-order valence-corrected chi connectivity index (χ4v) is 3.95. The minimum Gasteiger partial charge on any atom is -0.379 e. The number of fused-ring (bicyclic) bond motifs is 1. The molecule has 35 heavy (non-hydrogen) atoms. The molecule has 0 spiro atoms. The van der Waals surface area contributed by atoms with Crippen molar-refractivity contribution in [3.8, 4) is 5.82 Å². The van der Waals surface area contributed by atoms with Crippen LogP contribution in [0.4, 0.5) is 21.7 Å². The zero-order valence-electron chi connectivity index (χ0n) is 19.0. The van der Waals surface area contributed by atoms with Gasteiger partial charge in [-0.15, -0.1) is 0 Å². The van der Waals surface area contributed by atoms with Crippen molar-refractivity contribution in [1.29, 1.82) is 0 Å². The maximum atomic E-state index is 13.2. The molecule has 1 fully saturated rings. The van der Waals surface area contributed by atoms with Crippen LogP contribution in [0.25, 0.3) is 11.5 Å². The number of ether oxygens (including phenoxy) is 1. The normalized spacial score (nSPS) is 17.1. The molecule has 1 saturated carbocycles. The van der Waals surface area contributed by atoms with E-state index in [2.05, 4.69) is 31.0 Å². The lowest BCUT2D eigenvalue weighted by Crippen LogP contribution is -2.51. The van der Waals surface area contributed by atoms with Gasteiger partial charge in [0.15, 0.2) is 5.65 Å². The number of carbonyl (C=O) groups excluding carboxylic acids is 1. The highest BCUT2D eigenvalue weighted by Gasteiger charge is 2.33. The lowest BCUT2D eigenvalue weighted by Gasteiger charge is -2.35. The molecule has 2 atom stereocenters. The van der Waals surface area contributed by atoms with Crippen molar-refractivity contribution < 1.29 is 13.9 Å². The number of hydrogen-bond donors (Lipinski definition) is 3. The fourth-order valence-electron chi connectivity index (χ4n) is 3.95. The van der Waals surface area contributed by atoms with Gasteiger partial charge >= 0.3 is 0 Å². The Balaban J connectivity index is 1.48. The second-order valence-electron chi connectivity index (χ2n) is 8.06. The molecule has 5 rings (SSSR count). The number of nitrogens with zero attached hydrogens (tertiary/aromatic N) is 5. The molecule has 1 aliphatic carbocycles. The molecule has 0 aliphatic heterocycles. The second kappa shape index (κ2) is 9.14. The van der Waals surface area contributed by atoms with E-state index >= 15 is 0 Å². The fraction of sp³-hybridized carbons (Fsp3) is 0.261. The van der Waals surface area contributed by atoms with Gasteiger partial charge in [0.25, 0.3) is 11.5 Å². The molecule has 4 aromatic heterocycles. The molecular formula is C23H23FN8O3. The van der Waals surface area contributed by atoms with Crippen LogP contribution < -0.4 is 21.5 Å². The van der Waals surface area contributed by atoms with Gasteiger partial charge in [-0.25, -0.2) is 14.4 Å². The number of rotatable bonds is 7. The van der Waals surface area contributed by atoms with Crippen molar-refractivity contribution in [1.82, 2.24) is 29.5 Å². The van der Waals surface area contributed by atoms with Crippen LogP contribution in [0, 0.1) is 5.82 Å². The third kappa shape index (κ3) is 4.19. The third-order valence-electron chi connectivity index (χ3n) is 5.97. The zero-order chi connectivity index (χ0) is 24.5. The first-order valence-electron chi connectivity index (χ1n) is 11.0. The number of anilines is 3. The van der Waals surface area contributed by atoms with E-state index in [-0.39, 0.29) is 29.6 Å². The van der Waals surface area contributed by atoms with Crippen LogP contribution in [0.5, 0.6) is 0 Å². The summed E-state index contributed by atoms with van der Waals surface area (Å²) < 4.78 is 21.4. The predicted octanol–water partition coefficient (Wildman–Crippen LogP) is 2.11. The molecule has 1 amide bonds. The van der Waals surface area contributed by atoms with Gasteiger partial charge in [-0.1, -0.05) is 0 Å². The van der Waals surface area contributed by atoms with E-state index in [1.54, 1.807) is 32.4 Å². The molecule has 12 heteroatoms. The molecule has 0 radical (unpaired) electrons. The van der Waals surface area contributed by atoms with Gasteiger partial charge in [0.1, 0.15) is 34.5 Å². The summed E-state index contributed by atoms with van der Waals surface area (Å²) in [5.74, 6) is 0.370. The molecule has 0 saturated heterocycles. The Morgan fingerprint density at radius 2 is 2.09 bits per heavy atom. The van der Waals surface area contributed by atoms with Crippen LogP contribution >= 0.6 is 0 Å². The molecule has 0 bridgehead atoms. The molecule has 3 N–H and O–H groups in total. The number of carbonyl (C=O) groups is 1. The lowest BCUT2D eigenvalue weighted by atomic mass is 9.89. The summed E-state index contributed by atoms with van der Waals surface area (Å²) in [6.45, 7) is 0. The number of methoxy groups -OCH3 is 1. The van der Waals surface area contributed by atoms with Crippen LogP contribution in [-0.2, 0) is 4.74 Å². The van der Waals surface area contributed by atoms with Crippen molar-refractivity contribution in [3.63, 3.8) is 0 Å². The Morgan fingerprint density at radius 3 is 2.77 bits per heavy atom. The SMILES string of the molecule is CNc1cc(Nc2cccn(-c3ccc(F)cn3)c2=O)nc2c(C(=O)NC3CC[C@H]3OC)cnn12. The highest BCUT2D eigenvalue weighted by molar-refractivity contribution is 6.00. The van der Waals surface area contributed by atoms with Crippen LogP contribution in [-0.4, -0.2) is 56.4 Å². The standard InChI is InChI=1S/C23H23FN8O3/c1-25-20-10-18(28-16-4-3-9-31(23(16)34)19-8-5-13(24)11-26-19)30-21-14(12-27-32(20)21)22(33)29-15-6-7-17(15)35-2/h3-5,8-12,15,17,25H,6-7H2,1-2H3,(H,28,30)(H,29,33)/t15?,17-/m1/s1. The number of hydrogen-bond acceptors (Lipinski definition) is 8. The van der Waals surface area contributed by atoms with Crippen molar-refractivity contribution >= 4 is 28.9 Å². The highest BCUT2D eigenvalue weighted by Crippen LogP contribution is 2.24. The van der Waals surface area contributed by atoms with Crippen LogP contribution in [0.3, 0.4) is 0 Å². The summed E-state index contributed by atoms with van der Waals surface area (Å²) in [6.07, 6.45) is 5.77. The average molecular weight is 478 g/mol. The summed E-state index contributed by atoms with van der Waals surface area (Å²) in [5.41, 5.74) is 0.441. The maximum Gasteiger partial charge on any atom is 0.279 e. The Labute approximate surface area is 199 Å². The Kier molecular flexibility index (Phi) is 5.87. The largest absolute Gasteiger partial charge is 0.379 e. The summed E-state index contributed by atoms with van der Waals surface area (Å²) in [7, 11) is 3.34. The number of pyridine rings is 2. The summed E-state index contributed by atoms with van der Waals surface area (Å²) >= 11 is 0. The van der Waals surface area contributed by atoms with Gasteiger partial charge in [-0.2, -0.15) is 9.61 Å². The minimum absolute atomic E-state index is 0.00491. The highest BCUT2D eigenvalue weighted by atomic mass is 19.1. The summed E-state index contributed by atoms with van der Waals surface area (Å²) in [5, 5.41) is 13.3. The molecule has 1 unspecified atom stereocenters. The van der Waals surface area contributed by atoms with Crippen molar-refractivity contribution in [2.45, 2.75) is 25.0 Å². The van der Waals surface area contributed by atoms with Crippen molar-refractivity contribution in [2.75, 3.05) is 24.8 Å². The van der Waals surface area contributed by atoms with Gasteiger partial charge in [-0.3, -0.25) is 14.2 Å². The van der Waals surface area contributed by atoms with Gasteiger partial charge in [0.05, 0.1) is 24.5 Å². The van der Waals surface area contributed by atoms with E-state index in [9.17, 15) is 14.0 Å². The quantitative estimate of drug-likeness (QED) is 0.369. The number of aromatic nitrogens is 5. The molecule has 4 heterocycles. The Morgan fingerprint density at radius 1 is 1.23 bits per heavy atom. The van der Waals surface area contributed by atoms with E-state index in [1.165, 1.54) is 33.6 Å². The van der Waals surface area contributed by atoms with Crippen LogP contribution in [0.2, 0.25) is 0 Å². The maximum absolute atomic E-state index is 13.2. The minimum atomic E-state index is -0.496. The molecule has 4 aromatic rings. The Hall–Kier alpha value is -4.32. The van der Waals surface area contributed by atoms with Crippen LogP contribution in [0.15, 0.2) is 53.7 Å². The topological polar surface area (TPSA) is 127 Å². The third-order valence-corrected chi connectivity index (χ3v) is 5.97. The van der Waals surface area contributed by atoms with Gasteiger partial charge in [-0.05, 0) is 37.1 Å². The van der Waals surface area contributed by atoms with E-state index in [0.29, 0.717) is 22.8 Å². The van der Waals surface area contributed by atoms with E-state index < -0.39 is 11.4 Å². The molecule has 1 aliphatic rings. The number of nitrogens with one attached hydrogen (secondary N) is 3. The summed E-state index contributed by atoms with van der Waals surface area (Å²) in [6, 6.07) is 7.51. The first kappa shape index (κ1) is 22.5. The molecule has 11 nitrogen and oxygen atoms in total. The summed E-state index contributed by atoms with van der Waals surface area (Å²) in [4.78, 5) is 34.5.